The molecule has 18 heavy (non-hydrogen) atoms. The van der Waals surface area contributed by atoms with Gasteiger partial charge in [-0.05, 0) is 59.8 Å². The van der Waals surface area contributed by atoms with E-state index in [1.807, 2.05) is 18.2 Å². The fourth-order valence-corrected chi connectivity index (χ4v) is 2.10. The van der Waals surface area contributed by atoms with Gasteiger partial charge in [-0.15, -0.1) is 0 Å². The quantitative estimate of drug-likeness (QED) is 0.601. The molecule has 2 rings (SSSR count). The third-order valence-electron chi connectivity index (χ3n) is 2.35. The Hall–Kier alpha value is -1.43. The van der Waals surface area contributed by atoms with E-state index in [1.165, 1.54) is 19.1 Å². The van der Waals surface area contributed by atoms with Crippen LogP contribution in [-0.2, 0) is 0 Å². The molecule has 4 heteroatoms. The zero-order chi connectivity index (χ0) is 13.1. The van der Waals surface area contributed by atoms with Crippen LogP contribution in [0.3, 0.4) is 0 Å². The first-order chi connectivity index (χ1) is 8.58. The fourth-order valence-electron chi connectivity index (χ4n) is 1.59. The van der Waals surface area contributed by atoms with E-state index in [-0.39, 0.29) is 17.1 Å². The number of hydrogen-bond acceptors (Lipinski definition) is 2. The highest BCUT2D eigenvalue weighted by Crippen LogP contribution is 2.28. The van der Waals surface area contributed by atoms with Gasteiger partial charge < -0.3 is 4.74 Å². The summed E-state index contributed by atoms with van der Waals surface area (Å²) in [6.45, 7) is 1.32. The number of benzene rings is 2. The molecule has 0 fully saturated rings. The summed E-state index contributed by atoms with van der Waals surface area (Å²) in [5.41, 5.74) is -0.0173. The lowest BCUT2D eigenvalue weighted by Gasteiger charge is -2.10. The molecule has 0 bridgehead atoms. The summed E-state index contributed by atoms with van der Waals surface area (Å²) in [7, 11) is 0. The monoisotopic (exact) mass is 356 g/mol. The van der Waals surface area contributed by atoms with Crippen LogP contribution >= 0.6 is 22.6 Å². The number of carbonyl (C=O) groups excluding carboxylic acids is 1. The maximum Gasteiger partial charge on any atom is 0.166 e. The van der Waals surface area contributed by atoms with Crippen molar-refractivity contribution in [2.45, 2.75) is 6.92 Å². The maximum atomic E-state index is 13.6. The van der Waals surface area contributed by atoms with Crippen molar-refractivity contribution in [3.63, 3.8) is 0 Å². The Morgan fingerprint density at radius 2 is 1.94 bits per heavy atom. The number of carbonyl (C=O) groups is 1. The minimum Gasteiger partial charge on any atom is -0.456 e. The smallest absolute Gasteiger partial charge is 0.166 e. The Kier molecular flexibility index (Phi) is 3.96. The summed E-state index contributed by atoms with van der Waals surface area (Å²) in [6, 6.07) is 11.7. The third-order valence-corrected chi connectivity index (χ3v) is 3.02. The molecule has 0 saturated heterocycles. The van der Waals surface area contributed by atoms with Gasteiger partial charge in [0.15, 0.2) is 5.78 Å². The van der Waals surface area contributed by atoms with Crippen molar-refractivity contribution in [3.8, 4) is 11.5 Å². The van der Waals surface area contributed by atoms with E-state index in [0.717, 1.165) is 3.57 Å². The van der Waals surface area contributed by atoms with Gasteiger partial charge in [0.05, 0.1) is 5.56 Å². The van der Waals surface area contributed by atoms with Gasteiger partial charge in [0.2, 0.25) is 0 Å². The largest absolute Gasteiger partial charge is 0.456 e. The van der Waals surface area contributed by atoms with Gasteiger partial charge in [-0.2, -0.15) is 0 Å². The van der Waals surface area contributed by atoms with Crippen molar-refractivity contribution in [2.24, 2.45) is 0 Å². The van der Waals surface area contributed by atoms with Crippen LogP contribution in [0.25, 0.3) is 0 Å². The predicted molar refractivity (Wildman–Crippen MR) is 75.6 cm³/mol. The van der Waals surface area contributed by atoms with Crippen LogP contribution in [0.2, 0.25) is 0 Å². The molecule has 0 aliphatic rings. The highest BCUT2D eigenvalue weighted by Gasteiger charge is 2.14. The lowest BCUT2D eigenvalue weighted by atomic mass is 10.1. The summed E-state index contributed by atoms with van der Waals surface area (Å²) < 4.78 is 20.2. The summed E-state index contributed by atoms with van der Waals surface area (Å²) in [6.07, 6.45) is 0. The molecule has 2 aromatic rings. The summed E-state index contributed by atoms with van der Waals surface area (Å²) in [5, 5.41) is 0. The second-order valence-electron chi connectivity index (χ2n) is 3.73. The van der Waals surface area contributed by atoms with Gasteiger partial charge in [-0.3, -0.25) is 4.79 Å². The van der Waals surface area contributed by atoms with E-state index in [1.54, 1.807) is 12.1 Å². The van der Waals surface area contributed by atoms with Crippen molar-refractivity contribution < 1.29 is 13.9 Å². The molecule has 0 aliphatic carbocycles. The zero-order valence-electron chi connectivity index (χ0n) is 9.61. The van der Waals surface area contributed by atoms with Crippen molar-refractivity contribution in [3.05, 3.63) is 57.4 Å². The van der Waals surface area contributed by atoms with Crippen LogP contribution in [0, 0.1) is 9.39 Å². The molecular formula is C14H10FIO2. The molecule has 0 heterocycles. The number of ketones is 1. The zero-order valence-corrected chi connectivity index (χ0v) is 11.8. The van der Waals surface area contributed by atoms with E-state index in [4.69, 9.17) is 4.74 Å². The van der Waals surface area contributed by atoms with Crippen molar-refractivity contribution in [2.75, 3.05) is 0 Å². The minimum absolute atomic E-state index is 0.0173. The van der Waals surface area contributed by atoms with Crippen LogP contribution < -0.4 is 4.74 Å². The van der Waals surface area contributed by atoms with Crippen LogP contribution in [-0.4, -0.2) is 5.78 Å². The molecule has 0 aromatic heterocycles. The van der Waals surface area contributed by atoms with Crippen LogP contribution in [0.4, 0.5) is 4.39 Å². The molecule has 0 atom stereocenters. The average Bonchev–Trinajstić information content (AvgIpc) is 2.28. The van der Waals surface area contributed by atoms with E-state index in [9.17, 15) is 9.18 Å². The lowest BCUT2D eigenvalue weighted by Crippen LogP contribution is -2.00. The molecular weight excluding hydrogens is 346 g/mol. The van der Waals surface area contributed by atoms with E-state index in [0.29, 0.717) is 5.75 Å². The van der Waals surface area contributed by atoms with Gasteiger partial charge in [0.25, 0.3) is 0 Å². The first kappa shape index (κ1) is 13.0. The average molecular weight is 356 g/mol. The van der Waals surface area contributed by atoms with Gasteiger partial charge >= 0.3 is 0 Å². The molecule has 0 saturated carbocycles. The Bertz CT molecular complexity index is 596. The molecule has 2 nitrogen and oxygen atoms in total. The second kappa shape index (κ2) is 5.48. The first-order valence-corrected chi connectivity index (χ1v) is 6.38. The van der Waals surface area contributed by atoms with Crippen molar-refractivity contribution in [1.82, 2.24) is 0 Å². The molecule has 92 valence electrons. The van der Waals surface area contributed by atoms with Crippen LogP contribution in [0.1, 0.15) is 17.3 Å². The Balaban J connectivity index is 2.40. The third kappa shape index (κ3) is 2.87. The number of halogens is 2. The molecule has 0 radical (unpaired) electrons. The van der Waals surface area contributed by atoms with E-state index in [2.05, 4.69) is 22.6 Å². The van der Waals surface area contributed by atoms with Gasteiger partial charge in [-0.25, -0.2) is 4.39 Å². The highest BCUT2D eigenvalue weighted by atomic mass is 127. The van der Waals surface area contributed by atoms with Gasteiger partial charge in [-0.1, -0.05) is 12.1 Å². The number of hydrogen-bond donors (Lipinski definition) is 0. The van der Waals surface area contributed by atoms with Crippen LogP contribution in [0.5, 0.6) is 11.5 Å². The van der Waals surface area contributed by atoms with E-state index >= 15 is 0 Å². The molecule has 2 aromatic carbocycles. The standard InChI is InChI=1S/C14H10FIO2/c1-9(17)14-12(15)6-3-7-13(14)18-11-5-2-4-10(16)8-11/h2-8H,1H3. The molecule has 0 aliphatic heterocycles. The Labute approximate surface area is 118 Å². The van der Waals surface area contributed by atoms with E-state index < -0.39 is 5.82 Å². The van der Waals surface area contributed by atoms with Gasteiger partial charge in [0.1, 0.15) is 17.3 Å². The predicted octanol–water partition coefficient (Wildman–Crippen LogP) is 4.43. The normalized spacial score (nSPS) is 10.2. The highest BCUT2D eigenvalue weighted by molar-refractivity contribution is 14.1. The first-order valence-electron chi connectivity index (χ1n) is 5.31. The Morgan fingerprint density at radius 1 is 1.22 bits per heavy atom. The lowest BCUT2D eigenvalue weighted by molar-refractivity contribution is 0.101. The fraction of sp³-hybridized carbons (Fsp3) is 0.0714. The topological polar surface area (TPSA) is 26.3 Å². The molecule has 0 unspecified atom stereocenters. The molecule has 0 N–H and O–H groups in total. The molecule has 0 spiro atoms. The van der Waals surface area contributed by atoms with Crippen molar-refractivity contribution in [1.29, 1.82) is 0 Å². The summed E-state index contributed by atoms with van der Waals surface area (Å²) >= 11 is 2.16. The van der Waals surface area contributed by atoms with Gasteiger partial charge in [0, 0.05) is 3.57 Å². The number of rotatable bonds is 3. The SMILES string of the molecule is CC(=O)c1c(F)cccc1Oc1cccc(I)c1. The van der Waals surface area contributed by atoms with Crippen molar-refractivity contribution >= 4 is 28.4 Å². The molecule has 0 amide bonds. The number of ether oxygens (including phenoxy) is 1. The maximum absolute atomic E-state index is 13.6. The Morgan fingerprint density at radius 3 is 2.61 bits per heavy atom. The number of Topliss-reactive ketones (excluding diaryl/α,β-unsaturated/α-hetero) is 1. The van der Waals surface area contributed by atoms with Crippen LogP contribution in [0.15, 0.2) is 42.5 Å². The summed E-state index contributed by atoms with van der Waals surface area (Å²) in [4.78, 5) is 11.4. The minimum atomic E-state index is -0.564. The second-order valence-corrected chi connectivity index (χ2v) is 4.97. The summed E-state index contributed by atoms with van der Waals surface area (Å²) in [5.74, 6) is -0.0983.